The Bertz CT molecular complexity index is 807. The van der Waals surface area contributed by atoms with Gasteiger partial charge in [0.2, 0.25) is 11.5 Å². The van der Waals surface area contributed by atoms with E-state index in [0.717, 1.165) is 12.1 Å². The van der Waals surface area contributed by atoms with Crippen molar-refractivity contribution in [1.82, 2.24) is 0 Å². The van der Waals surface area contributed by atoms with Gasteiger partial charge in [-0.15, -0.1) is 0 Å². The van der Waals surface area contributed by atoms with Gasteiger partial charge in [0.15, 0.2) is 5.58 Å². The average molecular weight is 295 g/mol. The second kappa shape index (κ2) is 5.12. The molecular formula is C12H9NO8. The number of carboxylic acid groups (broad SMARTS) is 1. The molecule has 110 valence electrons. The fourth-order valence-electron chi connectivity index (χ4n) is 1.87. The van der Waals surface area contributed by atoms with E-state index in [0.29, 0.717) is 0 Å². The van der Waals surface area contributed by atoms with Gasteiger partial charge in [-0.3, -0.25) is 10.1 Å². The normalized spacial score (nSPS) is 10.4. The van der Waals surface area contributed by atoms with Crippen molar-refractivity contribution < 1.29 is 28.7 Å². The summed E-state index contributed by atoms with van der Waals surface area (Å²) in [6.07, 6.45) is 0. The van der Waals surface area contributed by atoms with Crippen LogP contribution >= 0.6 is 0 Å². The number of rotatable bonds is 4. The smallest absolute Gasteiger partial charge is 0.351 e. The summed E-state index contributed by atoms with van der Waals surface area (Å²) in [7, 11) is 2.41. The number of ether oxygens (including phenoxy) is 2. The van der Waals surface area contributed by atoms with Crippen LogP contribution in [0.5, 0.6) is 11.5 Å². The maximum absolute atomic E-state index is 11.6. The van der Waals surface area contributed by atoms with Crippen LogP contribution in [0.3, 0.4) is 0 Å². The number of nitrogens with zero attached hydrogens (tertiary/aromatic N) is 1. The minimum atomic E-state index is -1.50. The number of aromatic carboxylic acids is 1. The van der Waals surface area contributed by atoms with Crippen molar-refractivity contribution in [1.29, 1.82) is 0 Å². The Labute approximate surface area is 116 Å². The van der Waals surface area contributed by atoms with Gasteiger partial charge in [-0.1, -0.05) is 0 Å². The minimum absolute atomic E-state index is 0.0383. The highest BCUT2D eigenvalue weighted by atomic mass is 16.6. The van der Waals surface area contributed by atoms with Gasteiger partial charge in [0.05, 0.1) is 19.1 Å². The van der Waals surface area contributed by atoms with Crippen LogP contribution in [0.15, 0.2) is 21.3 Å². The van der Waals surface area contributed by atoms with E-state index >= 15 is 0 Å². The third-order valence-electron chi connectivity index (χ3n) is 2.75. The maximum Gasteiger partial charge on any atom is 0.351 e. The van der Waals surface area contributed by atoms with Crippen molar-refractivity contribution in [3.05, 3.63) is 38.2 Å². The molecule has 2 aromatic rings. The van der Waals surface area contributed by atoms with E-state index in [1.165, 1.54) is 14.2 Å². The fourth-order valence-corrected chi connectivity index (χ4v) is 1.87. The van der Waals surface area contributed by atoms with Crippen LogP contribution in [0.1, 0.15) is 10.4 Å². The van der Waals surface area contributed by atoms with E-state index in [-0.39, 0.29) is 22.5 Å². The number of hydrogen-bond acceptors (Lipinski definition) is 7. The fraction of sp³-hybridized carbons (Fsp3) is 0.167. The molecule has 9 heteroatoms. The highest BCUT2D eigenvalue weighted by Crippen LogP contribution is 2.42. The summed E-state index contributed by atoms with van der Waals surface area (Å²) >= 11 is 0. The van der Waals surface area contributed by atoms with Gasteiger partial charge < -0.3 is 19.0 Å². The molecule has 0 aliphatic rings. The maximum atomic E-state index is 11.6. The summed E-state index contributed by atoms with van der Waals surface area (Å²) in [4.78, 5) is 32.8. The number of nitro benzene ring substituents is 1. The second-order valence-electron chi connectivity index (χ2n) is 3.89. The first kappa shape index (κ1) is 14.3. The number of carbonyl (C=O) groups is 1. The van der Waals surface area contributed by atoms with Crippen molar-refractivity contribution >= 4 is 22.6 Å². The molecule has 9 nitrogen and oxygen atoms in total. The number of benzene rings is 1. The molecule has 0 radical (unpaired) electrons. The summed E-state index contributed by atoms with van der Waals surface area (Å²) in [5.74, 6) is -1.87. The Balaban J connectivity index is 2.97. The lowest BCUT2D eigenvalue weighted by Gasteiger charge is -2.10. The first-order valence-corrected chi connectivity index (χ1v) is 5.51. The van der Waals surface area contributed by atoms with Gasteiger partial charge in [0.1, 0.15) is 5.56 Å². The molecule has 1 N–H and O–H groups in total. The topological polar surface area (TPSA) is 129 Å². The van der Waals surface area contributed by atoms with Gasteiger partial charge >= 0.3 is 17.3 Å². The molecule has 1 aromatic carbocycles. The number of carboxylic acids is 1. The van der Waals surface area contributed by atoms with Crippen LogP contribution in [0.4, 0.5) is 5.69 Å². The van der Waals surface area contributed by atoms with Crippen LogP contribution in [0.2, 0.25) is 0 Å². The third kappa shape index (κ3) is 2.24. The van der Waals surface area contributed by atoms with Crippen LogP contribution in [-0.4, -0.2) is 30.2 Å². The molecule has 0 amide bonds. The molecule has 0 fully saturated rings. The lowest BCUT2D eigenvalue weighted by molar-refractivity contribution is -0.385. The van der Waals surface area contributed by atoms with Gasteiger partial charge in [-0.25, -0.2) is 9.59 Å². The highest BCUT2D eigenvalue weighted by molar-refractivity contribution is 5.95. The van der Waals surface area contributed by atoms with Crippen molar-refractivity contribution in [3.8, 4) is 11.5 Å². The zero-order valence-corrected chi connectivity index (χ0v) is 10.9. The zero-order chi connectivity index (χ0) is 15.7. The minimum Gasteiger partial charge on any atom is -0.490 e. The standard InChI is InChI=1S/C12H9NO8/c1-19-9-7(13(17)18)4-5-3-6(11(14)15)12(16)21-8(5)10(9)20-2/h3-4H,1-2H3,(H,14,15). The molecule has 0 aliphatic carbocycles. The summed E-state index contributed by atoms with van der Waals surface area (Å²) in [5, 5.41) is 20.0. The van der Waals surface area contributed by atoms with E-state index in [4.69, 9.17) is 19.0 Å². The SMILES string of the molecule is COc1c([N+](=O)[O-])cc2cc(C(=O)O)c(=O)oc2c1OC. The molecule has 1 heterocycles. The average Bonchev–Trinajstić information content (AvgIpc) is 2.44. The van der Waals surface area contributed by atoms with E-state index < -0.39 is 27.8 Å². The summed E-state index contributed by atoms with van der Waals surface area (Å²) in [5.41, 5.74) is -2.30. The quantitative estimate of drug-likeness (QED) is 0.509. The van der Waals surface area contributed by atoms with Gasteiger partial charge in [0, 0.05) is 11.5 Å². The molecule has 1 aromatic heterocycles. The van der Waals surface area contributed by atoms with Crippen molar-refractivity contribution in [2.75, 3.05) is 14.2 Å². The number of nitro groups is 1. The second-order valence-corrected chi connectivity index (χ2v) is 3.89. The van der Waals surface area contributed by atoms with E-state index in [1.54, 1.807) is 0 Å². The van der Waals surface area contributed by atoms with Gasteiger partial charge in [-0.05, 0) is 6.07 Å². The number of hydrogen-bond donors (Lipinski definition) is 1. The Hall–Kier alpha value is -3.10. The lowest BCUT2D eigenvalue weighted by Crippen LogP contribution is -2.13. The van der Waals surface area contributed by atoms with Crippen LogP contribution in [0, 0.1) is 10.1 Å². The predicted octanol–water partition coefficient (Wildman–Crippen LogP) is 1.42. The summed E-state index contributed by atoms with van der Waals surface area (Å²) in [6.45, 7) is 0. The van der Waals surface area contributed by atoms with Crippen LogP contribution in [0.25, 0.3) is 11.0 Å². The van der Waals surface area contributed by atoms with Crippen molar-refractivity contribution in [3.63, 3.8) is 0 Å². The first-order chi connectivity index (χ1) is 9.90. The monoisotopic (exact) mass is 295 g/mol. The molecule has 21 heavy (non-hydrogen) atoms. The highest BCUT2D eigenvalue weighted by Gasteiger charge is 2.26. The van der Waals surface area contributed by atoms with Crippen molar-refractivity contribution in [2.45, 2.75) is 0 Å². The van der Waals surface area contributed by atoms with Crippen LogP contribution < -0.4 is 15.1 Å². The van der Waals surface area contributed by atoms with E-state index in [2.05, 4.69) is 0 Å². The number of fused-ring (bicyclic) bond motifs is 1. The van der Waals surface area contributed by atoms with Gasteiger partial charge in [-0.2, -0.15) is 0 Å². The third-order valence-corrected chi connectivity index (χ3v) is 2.75. The molecule has 0 unspecified atom stereocenters. The molecule has 0 saturated heterocycles. The Morgan fingerprint density at radius 1 is 1.29 bits per heavy atom. The Morgan fingerprint density at radius 3 is 2.38 bits per heavy atom. The Kier molecular flexibility index (Phi) is 3.49. The van der Waals surface area contributed by atoms with Crippen molar-refractivity contribution in [2.24, 2.45) is 0 Å². The van der Waals surface area contributed by atoms with Gasteiger partial charge in [0.25, 0.3) is 0 Å². The molecular weight excluding hydrogens is 286 g/mol. The van der Waals surface area contributed by atoms with Crippen LogP contribution in [-0.2, 0) is 0 Å². The lowest BCUT2D eigenvalue weighted by atomic mass is 10.1. The molecule has 0 spiro atoms. The zero-order valence-electron chi connectivity index (χ0n) is 10.9. The molecule has 0 bridgehead atoms. The largest absolute Gasteiger partial charge is 0.490 e. The predicted molar refractivity (Wildman–Crippen MR) is 69.2 cm³/mol. The summed E-state index contributed by atoms with van der Waals surface area (Å²) < 4.78 is 14.8. The Morgan fingerprint density at radius 2 is 1.90 bits per heavy atom. The first-order valence-electron chi connectivity index (χ1n) is 5.51. The molecule has 0 atom stereocenters. The van der Waals surface area contributed by atoms with E-state index in [9.17, 15) is 19.7 Å². The molecule has 0 aliphatic heterocycles. The van der Waals surface area contributed by atoms with E-state index in [1.807, 2.05) is 0 Å². The molecule has 0 saturated carbocycles. The molecule has 2 rings (SSSR count). The summed E-state index contributed by atoms with van der Waals surface area (Å²) in [6, 6.07) is 2.03. The number of methoxy groups -OCH3 is 2.